The minimum atomic E-state index is -0.178. The fraction of sp³-hybridized carbons (Fsp3) is 0.500. The molecular weight excluding hydrogens is 188 g/mol. The number of para-hydroxylation sites is 1. The normalized spacial score (nSPS) is 24.0. The van der Waals surface area contributed by atoms with E-state index in [0.29, 0.717) is 6.04 Å². The Morgan fingerprint density at radius 1 is 1.40 bits per heavy atom. The lowest BCUT2D eigenvalue weighted by molar-refractivity contribution is 0.0231. The van der Waals surface area contributed by atoms with E-state index in [0.717, 1.165) is 18.8 Å². The number of benzene rings is 1. The maximum absolute atomic E-state index is 5.59. The summed E-state index contributed by atoms with van der Waals surface area (Å²) in [6.45, 7) is 5.77. The molecule has 15 heavy (non-hydrogen) atoms. The zero-order chi connectivity index (χ0) is 10.7. The van der Waals surface area contributed by atoms with Gasteiger partial charge in [0.15, 0.2) is 0 Å². The van der Waals surface area contributed by atoms with Crippen LogP contribution in [0.2, 0.25) is 0 Å². The van der Waals surface area contributed by atoms with Crippen LogP contribution in [0.5, 0.6) is 0 Å². The number of anilines is 1. The molecule has 1 aromatic rings. The second-order valence-corrected chi connectivity index (χ2v) is 4.41. The predicted molar refractivity (Wildman–Crippen MR) is 61.9 cm³/mol. The SMILES string of the molecule is CC1(C)N[C@@H](CNc2ccccc2)CO1. The van der Waals surface area contributed by atoms with E-state index in [-0.39, 0.29) is 5.72 Å². The Morgan fingerprint density at radius 3 is 2.73 bits per heavy atom. The van der Waals surface area contributed by atoms with Crippen LogP contribution in [0.4, 0.5) is 5.69 Å². The molecular formula is C12H18N2O. The van der Waals surface area contributed by atoms with Gasteiger partial charge in [0.25, 0.3) is 0 Å². The summed E-state index contributed by atoms with van der Waals surface area (Å²) in [5, 5.41) is 6.80. The molecule has 3 nitrogen and oxygen atoms in total. The Morgan fingerprint density at radius 2 is 2.13 bits per heavy atom. The van der Waals surface area contributed by atoms with E-state index in [1.807, 2.05) is 18.2 Å². The maximum Gasteiger partial charge on any atom is 0.113 e. The summed E-state index contributed by atoms with van der Waals surface area (Å²) in [5.41, 5.74) is 0.979. The fourth-order valence-corrected chi connectivity index (χ4v) is 1.79. The third-order valence-corrected chi connectivity index (χ3v) is 2.52. The highest BCUT2D eigenvalue weighted by atomic mass is 16.5. The largest absolute Gasteiger partial charge is 0.383 e. The van der Waals surface area contributed by atoms with E-state index >= 15 is 0 Å². The van der Waals surface area contributed by atoms with Crippen LogP contribution in [0.3, 0.4) is 0 Å². The van der Waals surface area contributed by atoms with Crippen LogP contribution in [-0.2, 0) is 4.74 Å². The first-order valence-electron chi connectivity index (χ1n) is 5.36. The van der Waals surface area contributed by atoms with Crippen LogP contribution in [-0.4, -0.2) is 24.9 Å². The summed E-state index contributed by atoms with van der Waals surface area (Å²) in [6, 6.07) is 10.6. The highest BCUT2D eigenvalue weighted by molar-refractivity contribution is 5.42. The molecule has 0 radical (unpaired) electrons. The molecule has 0 saturated carbocycles. The quantitative estimate of drug-likeness (QED) is 0.791. The van der Waals surface area contributed by atoms with Gasteiger partial charge in [-0.2, -0.15) is 0 Å². The minimum absolute atomic E-state index is 0.178. The molecule has 82 valence electrons. The van der Waals surface area contributed by atoms with Gasteiger partial charge in [-0.25, -0.2) is 0 Å². The van der Waals surface area contributed by atoms with Crippen LogP contribution in [0.25, 0.3) is 0 Å². The zero-order valence-electron chi connectivity index (χ0n) is 9.29. The van der Waals surface area contributed by atoms with Gasteiger partial charge in [0, 0.05) is 12.2 Å². The van der Waals surface area contributed by atoms with E-state index in [9.17, 15) is 0 Å². The molecule has 1 fully saturated rings. The van der Waals surface area contributed by atoms with Gasteiger partial charge >= 0.3 is 0 Å². The van der Waals surface area contributed by atoms with Crippen molar-refractivity contribution in [3.63, 3.8) is 0 Å². The molecule has 1 aliphatic heterocycles. The van der Waals surface area contributed by atoms with Gasteiger partial charge in [-0.3, -0.25) is 5.32 Å². The van der Waals surface area contributed by atoms with Crippen molar-refractivity contribution in [1.82, 2.24) is 5.32 Å². The number of hydrogen-bond donors (Lipinski definition) is 2. The lowest BCUT2D eigenvalue weighted by atomic mass is 10.2. The van der Waals surface area contributed by atoms with Crippen molar-refractivity contribution in [3.05, 3.63) is 30.3 Å². The van der Waals surface area contributed by atoms with Crippen LogP contribution < -0.4 is 10.6 Å². The Hall–Kier alpha value is -1.06. The lowest BCUT2D eigenvalue weighted by Gasteiger charge is -2.18. The van der Waals surface area contributed by atoms with Crippen molar-refractivity contribution in [1.29, 1.82) is 0 Å². The Balaban J connectivity index is 1.80. The Bertz CT molecular complexity index is 311. The summed E-state index contributed by atoms with van der Waals surface area (Å²) >= 11 is 0. The number of ether oxygens (including phenoxy) is 1. The molecule has 1 aliphatic rings. The van der Waals surface area contributed by atoms with Gasteiger partial charge in [0.1, 0.15) is 5.72 Å². The summed E-state index contributed by atoms with van der Waals surface area (Å²) in [7, 11) is 0. The van der Waals surface area contributed by atoms with Crippen LogP contribution in [0.1, 0.15) is 13.8 Å². The van der Waals surface area contributed by atoms with E-state index in [2.05, 4.69) is 36.6 Å². The van der Waals surface area contributed by atoms with Gasteiger partial charge in [0.05, 0.1) is 12.6 Å². The monoisotopic (exact) mass is 206 g/mol. The summed E-state index contributed by atoms with van der Waals surface area (Å²) in [4.78, 5) is 0. The number of nitrogens with one attached hydrogen (secondary N) is 2. The third kappa shape index (κ3) is 2.94. The second-order valence-electron chi connectivity index (χ2n) is 4.41. The van der Waals surface area contributed by atoms with E-state index in [1.165, 1.54) is 0 Å². The van der Waals surface area contributed by atoms with Crippen molar-refractivity contribution in [2.24, 2.45) is 0 Å². The van der Waals surface area contributed by atoms with Gasteiger partial charge in [-0.05, 0) is 26.0 Å². The smallest absolute Gasteiger partial charge is 0.113 e. The average Bonchev–Trinajstić information content (AvgIpc) is 2.57. The first kappa shape index (κ1) is 10.5. The third-order valence-electron chi connectivity index (χ3n) is 2.52. The molecule has 0 unspecified atom stereocenters. The zero-order valence-corrected chi connectivity index (χ0v) is 9.29. The van der Waals surface area contributed by atoms with Crippen molar-refractivity contribution in [2.45, 2.75) is 25.6 Å². The highest BCUT2D eigenvalue weighted by Gasteiger charge is 2.30. The first-order valence-corrected chi connectivity index (χ1v) is 5.36. The fourth-order valence-electron chi connectivity index (χ4n) is 1.79. The molecule has 2 rings (SSSR count). The highest BCUT2D eigenvalue weighted by Crippen LogP contribution is 2.14. The second kappa shape index (κ2) is 4.21. The molecule has 0 spiro atoms. The van der Waals surface area contributed by atoms with Gasteiger partial charge < -0.3 is 10.1 Å². The van der Waals surface area contributed by atoms with Gasteiger partial charge in [-0.15, -0.1) is 0 Å². The molecule has 1 saturated heterocycles. The molecule has 1 aromatic carbocycles. The summed E-state index contributed by atoms with van der Waals surface area (Å²) in [5.74, 6) is 0. The van der Waals surface area contributed by atoms with Crippen LogP contribution in [0, 0.1) is 0 Å². The van der Waals surface area contributed by atoms with E-state index in [4.69, 9.17) is 4.74 Å². The van der Waals surface area contributed by atoms with Crippen LogP contribution in [0.15, 0.2) is 30.3 Å². The molecule has 1 atom stereocenters. The van der Waals surface area contributed by atoms with Crippen molar-refractivity contribution in [2.75, 3.05) is 18.5 Å². The van der Waals surface area contributed by atoms with E-state index < -0.39 is 0 Å². The first-order chi connectivity index (χ1) is 7.16. The molecule has 0 aliphatic carbocycles. The van der Waals surface area contributed by atoms with Crippen molar-refractivity contribution >= 4 is 5.69 Å². The maximum atomic E-state index is 5.59. The standard InChI is InChI=1S/C12H18N2O/c1-12(2)14-11(9-15-12)8-13-10-6-4-3-5-7-10/h3-7,11,13-14H,8-9H2,1-2H3/t11-/m0/s1. The van der Waals surface area contributed by atoms with Crippen molar-refractivity contribution in [3.8, 4) is 0 Å². The van der Waals surface area contributed by atoms with Gasteiger partial charge in [-0.1, -0.05) is 18.2 Å². The molecule has 1 heterocycles. The summed E-state index contributed by atoms with van der Waals surface area (Å²) in [6.07, 6.45) is 0. The topological polar surface area (TPSA) is 33.3 Å². The number of hydrogen-bond acceptors (Lipinski definition) is 3. The molecule has 2 N–H and O–H groups in total. The Labute approximate surface area is 90.8 Å². The summed E-state index contributed by atoms with van der Waals surface area (Å²) < 4.78 is 5.59. The number of rotatable bonds is 3. The van der Waals surface area contributed by atoms with Gasteiger partial charge in [0.2, 0.25) is 0 Å². The lowest BCUT2D eigenvalue weighted by Crippen LogP contribution is -2.41. The average molecular weight is 206 g/mol. The molecule has 3 heteroatoms. The van der Waals surface area contributed by atoms with E-state index in [1.54, 1.807) is 0 Å². The van der Waals surface area contributed by atoms with Crippen LogP contribution >= 0.6 is 0 Å². The molecule has 0 amide bonds. The van der Waals surface area contributed by atoms with Crippen molar-refractivity contribution < 1.29 is 4.74 Å². The Kier molecular flexibility index (Phi) is 2.93. The molecule has 0 aromatic heterocycles. The minimum Gasteiger partial charge on any atom is -0.383 e. The predicted octanol–water partition coefficient (Wildman–Crippen LogP) is 1.82. The molecule has 0 bridgehead atoms.